The van der Waals surface area contributed by atoms with E-state index in [-0.39, 0.29) is 30.4 Å². The van der Waals surface area contributed by atoms with Gasteiger partial charge in [0.15, 0.2) is 6.54 Å². The van der Waals surface area contributed by atoms with E-state index in [0.717, 1.165) is 26.0 Å². The minimum atomic E-state index is -5.16. The van der Waals surface area contributed by atoms with Gasteiger partial charge in [-0.2, -0.15) is 29.2 Å². The molecule has 0 aliphatic rings. The lowest BCUT2D eigenvalue weighted by Crippen LogP contribution is -3.11. The van der Waals surface area contributed by atoms with E-state index in [1.54, 1.807) is 12.1 Å². The second-order valence-electron chi connectivity index (χ2n) is 6.45. The molecule has 0 heterocycles. The lowest BCUT2D eigenvalue weighted by molar-refractivity contribution is -1.21. The fourth-order valence-electron chi connectivity index (χ4n) is 2.47. The molecule has 0 saturated carbocycles. The van der Waals surface area contributed by atoms with Crippen LogP contribution in [0.3, 0.4) is 0 Å². The average Bonchev–Trinajstić information content (AvgIpc) is 2.69. The number of hydrogen-bond acceptors (Lipinski definition) is 11. The van der Waals surface area contributed by atoms with Gasteiger partial charge in [0.05, 0.1) is 23.7 Å². The molecular weight excluding hydrogens is 463 g/mol. The number of nitrogens with zero attached hydrogens (tertiary/aromatic N) is 4. The summed E-state index contributed by atoms with van der Waals surface area (Å²) in [5.74, 6) is -1.85. The third-order valence-electron chi connectivity index (χ3n) is 3.70. The molecule has 33 heavy (non-hydrogen) atoms. The summed E-state index contributed by atoms with van der Waals surface area (Å²) in [6.45, 7) is 3.23. The Hall–Kier alpha value is -3.95. The Labute approximate surface area is 188 Å². The van der Waals surface area contributed by atoms with Crippen LogP contribution in [-0.4, -0.2) is 45.4 Å². The van der Waals surface area contributed by atoms with Gasteiger partial charge in [-0.3, -0.25) is 4.79 Å². The quantitative estimate of drug-likeness (QED) is 0.260. The van der Waals surface area contributed by atoms with Crippen LogP contribution in [0.2, 0.25) is 0 Å². The maximum Gasteiger partial charge on any atom is 0.369 e. The first-order valence-corrected chi connectivity index (χ1v) is 10.6. The average molecular weight is 483 g/mol. The standard InChI is InChI=1S/C18H19FN6O7S/c1-11(26)23-16(4-5-25(31-12(2)27)32-13(3)28)10-22-24-18-14(8-20)6-17(33(19,29)30)7-15(18)9-21/h6-7,16H,4-5,10H2,1-3H3,(H,23,26)/p+1. The van der Waals surface area contributed by atoms with E-state index in [1.807, 2.05) is 0 Å². The Balaban J connectivity index is 3.09. The molecule has 0 spiro atoms. The number of carbonyl (C=O) groups excluding carboxylic acids is 3. The van der Waals surface area contributed by atoms with Gasteiger partial charge in [0.2, 0.25) is 5.91 Å². The van der Waals surface area contributed by atoms with E-state index >= 15 is 0 Å². The zero-order valence-corrected chi connectivity index (χ0v) is 18.6. The molecule has 1 amide bonds. The number of carbonyl (C=O) groups is 3. The molecule has 2 N–H and O–H groups in total. The van der Waals surface area contributed by atoms with Gasteiger partial charge in [-0.15, -0.1) is 3.89 Å². The largest absolute Gasteiger partial charge is 0.369 e. The Kier molecular flexibility index (Phi) is 10.00. The molecule has 1 rings (SSSR count). The van der Waals surface area contributed by atoms with Crippen molar-refractivity contribution in [2.45, 2.75) is 38.1 Å². The van der Waals surface area contributed by atoms with E-state index < -0.39 is 50.1 Å². The number of nitrogens with one attached hydrogen (secondary N) is 2. The second-order valence-corrected chi connectivity index (χ2v) is 7.79. The van der Waals surface area contributed by atoms with Crippen LogP contribution < -0.4 is 10.5 Å². The Morgan fingerprint density at radius 1 is 1.12 bits per heavy atom. The minimum absolute atomic E-state index is 0.0599. The lowest BCUT2D eigenvalue weighted by atomic mass is 10.1. The molecule has 1 atom stereocenters. The van der Waals surface area contributed by atoms with E-state index in [2.05, 4.69) is 15.5 Å². The third-order valence-corrected chi connectivity index (χ3v) is 4.50. The minimum Gasteiger partial charge on any atom is -0.351 e. The predicted molar refractivity (Wildman–Crippen MR) is 105 cm³/mol. The smallest absolute Gasteiger partial charge is 0.351 e. The molecule has 0 saturated heterocycles. The van der Waals surface area contributed by atoms with Gasteiger partial charge in [0.1, 0.15) is 22.7 Å². The van der Waals surface area contributed by atoms with Crippen LogP contribution >= 0.6 is 0 Å². The molecule has 0 bridgehead atoms. The fraction of sp³-hybridized carbons (Fsp3) is 0.389. The SMILES string of the molecule is CC(=O)NC(CC[NH+](OC(C)=O)OC(C)=O)CN=Nc1c(C#N)cc(S(=O)(=O)F)cc1C#N. The molecule has 15 heteroatoms. The highest BCUT2D eigenvalue weighted by Gasteiger charge is 2.22. The summed E-state index contributed by atoms with van der Waals surface area (Å²) in [5, 5.41) is 28.4. The molecule has 1 aromatic carbocycles. The van der Waals surface area contributed by atoms with Crippen molar-refractivity contribution in [1.29, 1.82) is 10.5 Å². The summed E-state index contributed by atoms with van der Waals surface area (Å²) < 4.78 is 35.5. The number of benzene rings is 1. The van der Waals surface area contributed by atoms with Crippen molar-refractivity contribution in [3.05, 3.63) is 23.3 Å². The van der Waals surface area contributed by atoms with Gasteiger partial charge in [0, 0.05) is 32.4 Å². The Bertz CT molecular complexity index is 1090. The van der Waals surface area contributed by atoms with Gasteiger partial charge in [0.25, 0.3) is 0 Å². The van der Waals surface area contributed by atoms with E-state index in [1.165, 1.54) is 6.92 Å². The Morgan fingerprint density at radius 2 is 1.64 bits per heavy atom. The highest BCUT2D eigenvalue weighted by molar-refractivity contribution is 7.86. The van der Waals surface area contributed by atoms with Crippen LogP contribution in [0.1, 0.15) is 38.3 Å². The molecule has 0 fully saturated rings. The molecular formula is C18H20FN6O7S+. The van der Waals surface area contributed by atoms with E-state index in [4.69, 9.17) is 9.68 Å². The topological polar surface area (TPSA) is 193 Å². The molecule has 176 valence electrons. The first-order chi connectivity index (χ1) is 15.4. The fourth-order valence-corrected chi connectivity index (χ4v) is 2.99. The number of azo groups is 1. The number of nitriles is 2. The molecule has 0 aliphatic heterocycles. The van der Waals surface area contributed by atoms with Crippen LogP contribution in [0.25, 0.3) is 0 Å². The van der Waals surface area contributed by atoms with Crippen LogP contribution in [0.15, 0.2) is 27.3 Å². The summed E-state index contributed by atoms with van der Waals surface area (Å²) in [6.07, 6.45) is 0.101. The van der Waals surface area contributed by atoms with E-state index in [0.29, 0.717) is 0 Å². The van der Waals surface area contributed by atoms with Gasteiger partial charge >= 0.3 is 22.2 Å². The zero-order chi connectivity index (χ0) is 25.2. The first-order valence-electron chi connectivity index (χ1n) is 9.17. The summed E-state index contributed by atoms with van der Waals surface area (Å²) >= 11 is 0. The van der Waals surface area contributed by atoms with Crippen LogP contribution in [0.5, 0.6) is 0 Å². The van der Waals surface area contributed by atoms with Crippen molar-refractivity contribution in [3.8, 4) is 12.1 Å². The molecule has 0 radical (unpaired) electrons. The number of amides is 1. The van der Waals surface area contributed by atoms with Gasteiger partial charge in [-0.25, -0.2) is 19.3 Å². The van der Waals surface area contributed by atoms with Crippen molar-refractivity contribution in [3.63, 3.8) is 0 Å². The monoisotopic (exact) mass is 483 g/mol. The van der Waals surface area contributed by atoms with Crippen molar-refractivity contribution in [2.24, 2.45) is 10.2 Å². The molecule has 0 aromatic heterocycles. The molecule has 1 unspecified atom stereocenters. The highest BCUT2D eigenvalue weighted by Crippen LogP contribution is 2.28. The maximum atomic E-state index is 13.3. The second kappa shape index (κ2) is 12.2. The van der Waals surface area contributed by atoms with Crippen LogP contribution in [-0.2, 0) is 34.3 Å². The number of halogens is 1. The van der Waals surface area contributed by atoms with Crippen LogP contribution in [0, 0.1) is 22.7 Å². The van der Waals surface area contributed by atoms with E-state index in [9.17, 15) is 37.2 Å². The van der Waals surface area contributed by atoms with Gasteiger partial charge in [-0.05, 0) is 12.1 Å². The van der Waals surface area contributed by atoms with Crippen molar-refractivity contribution in [1.82, 2.24) is 5.32 Å². The molecule has 13 nitrogen and oxygen atoms in total. The molecule has 0 aliphatic carbocycles. The van der Waals surface area contributed by atoms with Gasteiger partial charge < -0.3 is 5.32 Å². The van der Waals surface area contributed by atoms with Crippen LogP contribution in [0.4, 0.5) is 9.57 Å². The highest BCUT2D eigenvalue weighted by atomic mass is 32.3. The summed E-state index contributed by atoms with van der Waals surface area (Å²) in [5.41, 5.74) is -1.07. The number of hydrogen-bond donors (Lipinski definition) is 2. The number of hydroxylamine groups is 2. The van der Waals surface area contributed by atoms with Crippen molar-refractivity contribution >= 4 is 33.8 Å². The predicted octanol–water partition coefficient (Wildman–Crippen LogP) is -0.0922. The van der Waals surface area contributed by atoms with Crippen molar-refractivity contribution < 1.29 is 41.6 Å². The maximum absolute atomic E-state index is 13.3. The number of rotatable bonds is 10. The third kappa shape index (κ3) is 9.38. The summed E-state index contributed by atoms with van der Waals surface area (Å²) in [6, 6.07) is 4.00. The number of quaternary nitrogens is 1. The Morgan fingerprint density at radius 3 is 2.03 bits per heavy atom. The molecule has 1 aromatic rings. The normalized spacial score (nSPS) is 12.0. The summed E-state index contributed by atoms with van der Waals surface area (Å²) in [4.78, 5) is 42.5. The van der Waals surface area contributed by atoms with Crippen molar-refractivity contribution in [2.75, 3.05) is 13.1 Å². The first kappa shape index (κ1) is 27.1. The lowest BCUT2D eigenvalue weighted by Gasteiger charge is -2.17. The van der Waals surface area contributed by atoms with Gasteiger partial charge in [-0.1, -0.05) is 0 Å². The summed E-state index contributed by atoms with van der Waals surface area (Å²) in [7, 11) is -5.16. The zero-order valence-electron chi connectivity index (χ0n) is 17.8.